The first-order valence-corrected chi connectivity index (χ1v) is 11.3. The number of alkyl halides is 3. The normalized spacial score (nSPS) is 24.9. The molecule has 0 aromatic heterocycles. The van der Waals surface area contributed by atoms with Crippen molar-refractivity contribution in [1.29, 1.82) is 0 Å². The molecule has 2 fully saturated rings. The Bertz CT molecular complexity index is 1070. The molecule has 2 aromatic carbocycles. The summed E-state index contributed by atoms with van der Waals surface area (Å²) in [4.78, 5) is 12.3. The molecule has 4 rings (SSSR count). The molecule has 0 radical (unpaired) electrons. The van der Waals surface area contributed by atoms with Crippen LogP contribution >= 0.6 is 0 Å². The molecule has 0 amide bonds. The van der Waals surface area contributed by atoms with Crippen LogP contribution in [-0.4, -0.2) is 5.97 Å². The van der Waals surface area contributed by atoms with E-state index in [1.807, 2.05) is 6.08 Å². The van der Waals surface area contributed by atoms with Crippen molar-refractivity contribution in [1.82, 2.24) is 0 Å². The number of esters is 1. The number of fused-ring (bicyclic) bond motifs is 1. The van der Waals surface area contributed by atoms with E-state index in [4.69, 9.17) is 4.74 Å². The van der Waals surface area contributed by atoms with Crippen molar-refractivity contribution in [2.24, 2.45) is 17.8 Å². The van der Waals surface area contributed by atoms with Crippen LogP contribution in [0.1, 0.15) is 65.9 Å². The van der Waals surface area contributed by atoms with E-state index in [1.165, 1.54) is 12.1 Å². The van der Waals surface area contributed by atoms with Gasteiger partial charge in [0.25, 0.3) is 0 Å². The Morgan fingerprint density at radius 1 is 0.912 bits per heavy atom. The van der Waals surface area contributed by atoms with E-state index in [-0.39, 0.29) is 23.6 Å². The van der Waals surface area contributed by atoms with Crippen LogP contribution < -0.4 is 4.74 Å². The monoisotopic (exact) mass is 482 g/mol. The molecule has 4 atom stereocenters. The summed E-state index contributed by atoms with van der Waals surface area (Å²) in [5.74, 6) is -4.54. The third kappa shape index (κ3) is 5.00. The van der Waals surface area contributed by atoms with Crippen LogP contribution in [0.15, 0.2) is 43.0 Å². The van der Waals surface area contributed by atoms with Gasteiger partial charge in [0, 0.05) is 12.1 Å². The summed E-state index contributed by atoms with van der Waals surface area (Å²) < 4.78 is 85.3. The molecule has 2 saturated carbocycles. The van der Waals surface area contributed by atoms with E-state index >= 15 is 0 Å². The molecule has 0 saturated heterocycles. The van der Waals surface area contributed by atoms with Gasteiger partial charge in [0.15, 0.2) is 0 Å². The van der Waals surface area contributed by atoms with Gasteiger partial charge >= 0.3 is 12.1 Å². The summed E-state index contributed by atoms with van der Waals surface area (Å²) in [7, 11) is 0. The molecule has 0 bridgehead atoms. The number of rotatable bonds is 4. The molecule has 0 N–H and O–H groups in total. The summed E-state index contributed by atoms with van der Waals surface area (Å²) in [5.41, 5.74) is -1.77. The summed E-state index contributed by atoms with van der Waals surface area (Å²) in [5, 5.41) is 0. The lowest BCUT2D eigenvalue weighted by Gasteiger charge is -2.41. The van der Waals surface area contributed by atoms with Crippen molar-refractivity contribution in [3.63, 3.8) is 0 Å². The summed E-state index contributed by atoms with van der Waals surface area (Å²) in [6, 6.07) is 4.41. The second-order valence-electron chi connectivity index (χ2n) is 9.22. The van der Waals surface area contributed by atoms with Crippen LogP contribution in [0.4, 0.5) is 26.3 Å². The van der Waals surface area contributed by atoms with Crippen LogP contribution in [0.25, 0.3) is 0 Å². The van der Waals surface area contributed by atoms with Crippen LogP contribution in [0.3, 0.4) is 0 Å². The second-order valence-corrected chi connectivity index (χ2v) is 9.22. The van der Waals surface area contributed by atoms with Gasteiger partial charge in [0.2, 0.25) is 0 Å². The standard InChI is InChI=1S/C26H24F6O2/c1-2-14-3-4-16-10-17(6-5-15(16)9-14)20-8-7-18(11-21(20)27)25(33)34-19-12-22(28)24(23(29)13-19)26(30,31)32/h2,7-8,11-17H,1,3-6,9-10H2. The molecule has 2 nitrogen and oxygen atoms in total. The van der Waals surface area contributed by atoms with Gasteiger partial charge in [-0.15, -0.1) is 6.58 Å². The maximum absolute atomic E-state index is 14.9. The van der Waals surface area contributed by atoms with E-state index < -0.39 is 40.9 Å². The Morgan fingerprint density at radius 3 is 2.18 bits per heavy atom. The third-order valence-corrected chi connectivity index (χ3v) is 7.17. The minimum absolute atomic E-state index is 0.0321. The first-order chi connectivity index (χ1) is 16.1. The van der Waals surface area contributed by atoms with Gasteiger partial charge in [-0.2, -0.15) is 13.2 Å². The molecular weight excluding hydrogens is 458 g/mol. The average molecular weight is 482 g/mol. The Hall–Kier alpha value is -2.77. The van der Waals surface area contributed by atoms with Crippen LogP contribution in [-0.2, 0) is 6.18 Å². The number of allylic oxidation sites excluding steroid dienone is 1. The van der Waals surface area contributed by atoms with Crippen LogP contribution in [0, 0.1) is 35.2 Å². The Kier molecular flexibility index (Phi) is 6.78. The summed E-state index contributed by atoms with van der Waals surface area (Å²) in [6.45, 7) is 3.90. The Morgan fingerprint density at radius 2 is 1.56 bits per heavy atom. The first kappa shape index (κ1) is 24.4. The second kappa shape index (κ2) is 9.47. The number of benzene rings is 2. The fraction of sp³-hybridized carbons (Fsp3) is 0.423. The van der Waals surface area contributed by atoms with Crippen molar-refractivity contribution in [3.05, 3.63) is 77.1 Å². The molecule has 2 aliphatic rings. The number of ether oxygens (including phenoxy) is 1. The molecule has 8 heteroatoms. The number of carbonyl (C=O) groups is 1. The number of carbonyl (C=O) groups excluding carboxylic acids is 1. The lowest BCUT2D eigenvalue weighted by atomic mass is 9.64. The van der Waals surface area contributed by atoms with E-state index in [2.05, 4.69) is 6.58 Å². The number of hydrogen-bond donors (Lipinski definition) is 0. The van der Waals surface area contributed by atoms with E-state index in [9.17, 15) is 31.1 Å². The van der Waals surface area contributed by atoms with Gasteiger partial charge in [0.05, 0.1) is 5.56 Å². The van der Waals surface area contributed by atoms with Crippen molar-refractivity contribution in [3.8, 4) is 5.75 Å². The predicted octanol–water partition coefficient (Wildman–Crippen LogP) is 7.83. The van der Waals surface area contributed by atoms with Crippen LogP contribution in [0.2, 0.25) is 0 Å². The molecule has 2 aromatic rings. The van der Waals surface area contributed by atoms with E-state index in [0.29, 0.717) is 23.3 Å². The fourth-order valence-corrected chi connectivity index (χ4v) is 5.45. The highest BCUT2D eigenvalue weighted by molar-refractivity contribution is 5.91. The fourth-order valence-electron chi connectivity index (χ4n) is 5.45. The predicted molar refractivity (Wildman–Crippen MR) is 114 cm³/mol. The average Bonchev–Trinajstić information content (AvgIpc) is 2.76. The minimum atomic E-state index is -5.24. The SMILES string of the molecule is C=CC1CCC2CC(c3ccc(C(=O)Oc4cc(F)c(C(F)(F)F)c(F)c4)cc3F)CCC2C1. The van der Waals surface area contributed by atoms with E-state index in [0.717, 1.165) is 44.6 Å². The van der Waals surface area contributed by atoms with Gasteiger partial charge in [0.1, 0.15) is 28.8 Å². The highest BCUT2D eigenvalue weighted by atomic mass is 19.4. The van der Waals surface area contributed by atoms with Gasteiger partial charge in [-0.3, -0.25) is 0 Å². The summed E-state index contributed by atoms with van der Waals surface area (Å²) >= 11 is 0. The molecule has 0 aliphatic heterocycles. The highest BCUT2D eigenvalue weighted by Crippen LogP contribution is 2.48. The summed E-state index contributed by atoms with van der Waals surface area (Å²) in [6.07, 6.45) is 2.81. The van der Waals surface area contributed by atoms with Gasteiger partial charge in [-0.05, 0) is 79.9 Å². The third-order valence-electron chi connectivity index (χ3n) is 7.17. The molecular formula is C26H24F6O2. The zero-order valence-corrected chi connectivity index (χ0v) is 18.3. The minimum Gasteiger partial charge on any atom is -0.423 e. The lowest BCUT2D eigenvalue weighted by molar-refractivity contribution is -0.142. The molecule has 182 valence electrons. The highest BCUT2D eigenvalue weighted by Gasteiger charge is 2.38. The van der Waals surface area contributed by atoms with Gasteiger partial charge in [-0.1, -0.05) is 12.1 Å². The van der Waals surface area contributed by atoms with Gasteiger partial charge < -0.3 is 4.74 Å². The zero-order chi connectivity index (χ0) is 24.6. The first-order valence-electron chi connectivity index (χ1n) is 11.3. The Labute approximate surface area is 193 Å². The molecule has 4 unspecified atom stereocenters. The smallest absolute Gasteiger partial charge is 0.422 e. The van der Waals surface area contributed by atoms with Crippen molar-refractivity contribution in [2.45, 2.75) is 50.6 Å². The Balaban J connectivity index is 1.45. The quantitative estimate of drug-likeness (QED) is 0.192. The van der Waals surface area contributed by atoms with Crippen molar-refractivity contribution in [2.75, 3.05) is 0 Å². The van der Waals surface area contributed by atoms with Crippen LogP contribution in [0.5, 0.6) is 5.75 Å². The molecule has 0 heterocycles. The zero-order valence-electron chi connectivity index (χ0n) is 18.3. The molecule has 2 aliphatic carbocycles. The number of halogens is 6. The molecule has 34 heavy (non-hydrogen) atoms. The maximum atomic E-state index is 14.9. The molecule has 0 spiro atoms. The topological polar surface area (TPSA) is 26.3 Å². The van der Waals surface area contributed by atoms with E-state index in [1.54, 1.807) is 0 Å². The number of hydrogen-bond acceptors (Lipinski definition) is 2. The van der Waals surface area contributed by atoms with Crippen molar-refractivity contribution < 1.29 is 35.9 Å². The van der Waals surface area contributed by atoms with Crippen molar-refractivity contribution >= 4 is 5.97 Å². The maximum Gasteiger partial charge on any atom is 0.422 e. The van der Waals surface area contributed by atoms with Gasteiger partial charge in [-0.25, -0.2) is 18.0 Å². The lowest BCUT2D eigenvalue weighted by Crippen LogP contribution is -2.30. The largest absolute Gasteiger partial charge is 0.423 e.